The van der Waals surface area contributed by atoms with E-state index < -0.39 is 0 Å². The smallest absolute Gasteiger partial charge is 0.123 e. The van der Waals surface area contributed by atoms with Crippen LogP contribution in [0.2, 0.25) is 0 Å². The molecule has 1 aromatic rings. The Morgan fingerprint density at radius 1 is 1.29 bits per heavy atom. The zero-order valence-corrected chi connectivity index (χ0v) is 12.9. The van der Waals surface area contributed by atoms with E-state index in [0.29, 0.717) is 18.2 Å². The van der Waals surface area contributed by atoms with Crippen molar-refractivity contribution in [2.24, 2.45) is 5.41 Å². The molecule has 1 rings (SSSR count). The minimum Gasteiger partial charge on any atom is -0.207 e. The summed E-state index contributed by atoms with van der Waals surface area (Å²) in [4.78, 5) is 0. The Morgan fingerprint density at radius 3 is 2.47 bits per heavy atom. The molecule has 0 aliphatic heterocycles. The van der Waals surface area contributed by atoms with Gasteiger partial charge in [0.05, 0.1) is 0 Å². The van der Waals surface area contributed by atoms with Crippen LogP contribution in [-0.4, -0.2) is 11.8 Å². The predicted octanol–water partition coefficient (Wildman–Crippen LogP) is 5.39. The van der Waals surface area contributed by atoms with E-state index in [2.05, 4.69) is 22.9 Å². The molecule has 0 unspecified atom stereocenters. The van der Waals surface area contributed by atoms with Gasteiger partial charge in [0.2, 0.25) is 0 Å². The molecule has 0 nitrogen and oxygen atoms in total. The third-order valence-electron chi connectivity index (χ3n) is 2.92. The number of halogens is 4. The second-order valence-electron chi connectivity index (χ2n) is 4.43. The monoisotopic (exact) mass is 340 g/mol. The summed E-state index contributed by atoms with van der Waals surface area (Å²) in [5.41, 5.74) is 0.786. The van der Waals surface area contributed by atoms with Crippen molar-refractivity contribution >= 4 is 39.1 Å². The van der Waals surface area contributed by atoms with E-state index in [0.717, 1.165) is 22.9 Å². The topological polar surface area (TPSA) is 0 Å². The Labute approximate surface area is 121 Å². The summed E-state index contributed by atoms with van der Waals surface area (Å²) in [6.07, 6.45) is 2.67. The zero-order chi connectivity index (χ0) is 12.9. The minimum absolute atomic E-state index is 0.145. The number of rotatable bonds is 6. The SMILES string of the molecule is CCCC(CCl)(CCl)Cc1cc(F)ccc1Br. The lowest BCUT2D eigenvalue weighted by Crippen LogP contribution is -2.28. The molecule has 0 N–H and O–H groups in total. The van der Waals surface area contributed by atoms with E-state index in [9.17, 15) is 4.39 Å². The van der Waals surface area contributed by atoms with Gasteiger partial charge in [0.25, 0.3) is 0 Å². The molecule has 0 spiro atoms. The van der Waals surface area contributed by atoms with E-state index in [-0.39, 0.29) is 11.2 Å². The van der Waals surface area contributed by atoms with Crippen LogP contribution in [0.3, 0.4) is 0 Å². The van der Waals surface area contributed by atoms with Crippen LogP contribution in [0.1, 0.15) is 25.3 Å². The molecule has 1 aromatic carbocycles. The summed E-state index contributed by atoms with van der Waals surface area (Å²) in [6.45, 7) is 2.11. The van der Waals surface area contributed by atoms with Crippen molar-refractivity contribution < 1.29 is 4.39 Å². The highest BCUT2D eigenvalue weighted by atomic mass is 79.9. The van der Waals surface area contributed by atoms with E-state index in [1.54, 1.807) is 12.1 Å². The molecule has 0 saturated carbocycles. The molecule has 0 aliphatic carbocycles. The standard InChI is InChI=1S/C13H16BrCl2F/c1-2-5-13(8-15,9-16)7-10-6-11(17)3-4-12(10)14/h3-4,6H,2,5,7-9H2,1H3. The molecule has 0 fully saturated rings. The fourth-order valence-corrected chi connectivity index (χ4v) is 3.09. The summed E-state index contributed by atoms with van der Waals surface area (Å²) in [6, 6.07) is 4.72. The van der Waals surface area contributed by atoms with Crippen LogP contribution < -0.4 is 0 Å². The van der Waals surface area contributed by atoms with E-state index >= 15 is 0 Å². The molecule has 4 heteroatoms. The summed E-state index contributed by atoms with van der Waals surface area (Å²) in [5, 5.41) is 0. The maximum Gasteiger partial charge on any atom is 0.123 e. The Balaban J connectivity index is 2.96. The fraction of sp³-hybridized carbons (Fsp3) is 0.538. The van der Waals surface area contributed by atoms with Crippen LogP contribution in [0.15, 0.2) is 22.7 Å². The van der Waals surface area contributed by atoms with Gasteiger partial charge in [0.1, 0.15) is 5.82 Å². The van der Waals surface area contributed by atoms with Gasteiger partial charge >= 0.3 is 0 Å². The molecular weight excluding hydrogens is 326 g/mol. The second-order valence-corrected chi connectivity index (χ2v) is 5.82. The molecule has 0 saturated heterocycles. The first-order valence-corrected chi connectivity index (χ1v) is 7.49. The fourth-order valence-electron chi connectivity index (χ4n) is 1.97. The van der Waals surface area contributed by atoms with Crippen LogP contribution in [0.5, 0.6) is 0 Å². The first kappa shape index (κ1) is 15.3. The Bertz CT molecular complexity index is 364. The average molecular weight is 342 g/mol. The summed E-state index contributed by atoms with van der Waals surface area (Å²) in [5.74, 6) is 0.762. The molecule has 0 heterocycles. The number of hydrogen-bond donors (Lipinski definition) is 0. The molecule has 0 bridgehead atoms. The normalized spacial score (nSPS) is 11.8. The van der Waals surface area contributed by atoms with Crippen molar-refractivity contribution in [3.63, 3.8) is 0 Å². The number of benzene rings is 1. The second kappa shape index (κ2) is 6.96. The van der Waals surface area contributed by atoms with Crippen LogP contribution in [0, 0.1) is 11.2 Å². The van der Waals surface area contributed by atoms with Crippen molar-refractivity contribution in [1.82, 2.24) is 0 Å². The third-order valence-corrected chi connectivity index (χ3v) is 4.83. The molecule has 0 aromatic heterocycles. The van der Waals surface area contributed by atoms with Gasteiger partial charge in [-0.1, -0.05) is 29.3 Å². The Hall–Kier alpha value is 0.210. The highest BCUT2D eigenvalue weighted by Gasteiger charge is 2.28. The van der Waals surface area contributed by atoms with Gasteiger partial charge in [-0.05, 0) is 36.6 Å². The number of hydrogen-bond acceptors (Lipinski definition) is 0. The van der Waals surface area contributed by atoms with Gasteiger partial charge in [0, 0.05) is 21.6 Å². The highest BCUT2D eigenvalue weighted by molar-refractivity contribution is 9.10. The van der Waals surface area contributed by atoms with Crippen LogP contribution in [0.25, 0.3) is 0 Å². The van der Waals surface area contributed by atoms with Crippen molar-refractivity contribution in [2.45, 2.75) is 26.2 Å². The lowest BCUT2D eigenvalue weighted by molar-refractivity contribution is 0.340. The van der Waals surface area contributed by atoms with Crippen molar-refractivity contribution in [2.75, 3.05) is 11.8 Å². The highest BCUT2D eigenvalue weighted by Crippen LogP contribution is 2.34. The van der Waals surface area contributed by atoms with Crippen molar-refractivity contribution in [1.29, 1.82) is 0 Å². The van der Waals surface area contributed by atoms with Gasteiger partial charge in [-0.3, -0.25) is 0 Å². The summed E-state index contributed by atoms with van der Waals surface area (Å²) in [7, 11) is 0. The van der Waals surface area contributed by atoms with Crippen molar-refractivity contribution in [3.8, 4) is 0 Å². The Kier molecular flexibility index (Phi) is 6.25. The molecule has 0 radical (unpaired) electrons. The van der Waals surface area contributed by atoms with Crippen LogP contribution >= 0.6 is 39.1 Å². The summed E-state index contributed by atoms with van der Waals surface area (Å²) < 4.78 is 14.1. The lowest BCUT2D eigenvalue weighted by Gasteiger charge is -2.29. The zero-order valence-electron chi connectivity index (χ0n) is 9.78. The Morgan fingerprint density at radius 2 is 1.94 bits per heavy atom. The molecule has 0 aliphatic rings. The van der Waals surface area contributed by atoms with Crippen LogP contribution in [-0.2, 0) is 6.42 Å². The molecule has 17 heavy (non-hydrogen) atoms. The number of alkyl halides is 2. The summed E-state index contributed by atoms with van der Waals surface area (Å²) >= 11 is 15.5. The maximum atomic E-state index is 13.2. The van der Waals surface area contributed by atoms with E-state index in [1.807, 2.05) is 0 Å². The van der Waals surface area contributed by atoms with Gasteiger partial charge in [-0.15, -0.1) is 23.2 Å². The molecule has 96 valence electrons. The minimum atomic E-state index is -0.224. The average Bonchev–Trinajstić information content (AvgIpc) is 2.33. The lowest BCUT2D eigenvalue weighted by atomic mass is 9.81. The first-order valence-electron chi connectivity index (χ1n) is 5.63. The molecular formula is C13H16BrCl2F. The molecule has 0 atom stereocenters. The molecule has 0 amide bonds. The van der Waals surface area contributed by atoms with Gasteiger partial charge < -0.3 is 0 Å². The largest absolute Gasteiger partial charge is 0.207 e. The quantitative estimate of drug-likeness (QED) is 0.608. The van der Waals surface area contributed by atoms with Gasteiger partial charge in [-0.2, -0.15) is 0 Å². The van der Waals surface area contributed by atoms with E-state index in [1.165, 1.54) is 6.07 Å². The van der Waals surface area contributed by atoms with Crippen LogP contribution in [0.4, 0.5) is 4.39 Å². The predicted molar refractivity (Wildman–Crippen MR) is 76.6 cm³/mol. The van der Waals surface area contributed by atoms with Crippen molar-refractivity contribution in [3.05, 3.63) is 34.1 Å². The van der Waals surface area contributed by atoms with E-state index in [4.69, 9.17) is 23.2 Å². The third kappa shape index (κ3) is 4.11. The first-order chi connectivity index (χ1) is 8.06. The van der Waals surface area contributed by atoms with Gasteiger partial charge in [-0.25, -0.2) is 4.39 Å². The van der Waals surface area contributed by atoms with Gasteiger partial charge in [0.15, 0.2) is 0 Å². The maximum absolute atomic E-state index is 13.2.